The lowest BCUT2D eigenvalue weighted by Gasteiger charge is -2.11. The summed E-state index contributed by atoms with van der Waals surface area (Å²) in [5, 5.41) is 7.39. The summed E-state index contributed by atoms with van der Waals surface area (Å²) in [5.74, 6) is -0.686. The number of amides is 1. The minimum absolute atomic E-state index is 0.112. The minimum Gasteiger partial charge on any atom is -0.469 e. The Labute approximate surface area is 133 Å². The first kappa shape index (κ1) is 16.0. The van der Waals surface area contributed by atoms with Gasteiger partial charge in [-0.1, -0.05) is 23.7 Å². The zero-order valence-electron chi connectivity index (χ0n) is 12.2. The standard InChI is InChI=1S/C15H16ClN3O3/c1-10(7-14(20)22-2)18-15(21)11-8-17-19(9-11)13-6-4-3-5-12(13)16/h3-6,8-10H,7H2,1-2H3,(H,18,21)/t10-/m1/s1. The molecule has 0 unspecified atom stereocenters. The van der Waals surface area contributed by atoms with Crippen molar-refractivity contribution in [2.75, 3.05) is 7.11 Å². The molecule has 2 aromatic rings. The zero-order valence-corrected chi connectivity index (χ0v) is 13.0. The molecule has 1 N–H and O–H groups in total. The molecule has 0 fully saturated rings. The van der Waals surface area contributed by atoms with E-state index in [-0.39, 0.29) is 24.3 Å². The number of nitrogens with zero attached hydrogens (tertiary/aromatic N) is 2. The van der Waals surface area contributed by atoms with Crippen LogP contribution in [0.25, 0.3) is 5.69 Å². The first-order chi connectivity index (χ1) is 10.5. The highest BCUT2D eigenvalue weighted by molar-refractivity contribution is 6.32. The van der Waals surface area contributed by atoms with Crippen LogP contribution in [-0.4, -0.2) is 34.8 Å². The molecule has 0 aliphatic heterocycles. The molecule has 1 aromatic carbocycles. The monoisotopic (exact) mass is 321 g/mol. The number of carbonyl (C=O) groups excluding carboxylic acids is 2. The van der Waals surface area contributed by atoms with Gasteiger partial charge in [0.15, 0.2) is 0 Å². The van der Waals surface area contributed by atoms with E-state index < -0.39 is 0 Å². The number of para-hydroxylation sites is 1. The summed E-state index contributed by atoms with van der Waals surface area (Å²) >= 11 is 6.09. The van der Waals surface area contributed by atoms with E-state index in [1.54, 1.807) is 25.3 Å². The fourth-order valence-electron chi connectivity index (χ4n) is 1.90. The molecular formula is C15H16ClN3O3. The predicted molar refractivity (Wildman–Crippen MR) is 82.1 cm³/mol. The van der Waals surface area contributed by atoms with E-state index in [1.807, 2.05) is 12.1 Å². The summed E-state index contributed by atoms with van der Waals surface area (Å²) < 4.78 is 6.09. The third kappa shape index (κ3) is 3.85. The van der Waals surface area contributed by atoms with E-state index in [2.05, 4.69) is 15.2 Å². The molecule has 0 aliphatic rings. The van der Waals surface area contributed by atoms with Gasteiger partial charge in [0.25, 0.3) is 5.91 Å². The van der Waals surface area contributed by atoms with Crippen molar-refractivity contribution in [1.29, 1.82) is 0 Å². The molecule has 1 heterocycles. The van der Waals surface area contributed by atoms with Gasteiger partial charge in [-0.25, -0.2) is 4.68 Å². The Balaban J connectivity index is 2.07. The van der Waals surface area contributed by atoms with Crippen LogP contribution < -0.4 is 5.32 Å². The number of ether oxygens (including phenoxy) is 1. The van der Waals surface area contributed by atoms with E-state index in [0.29, 0.717) is 16.3 Å². The number of rotatable bonds is 5. The van der Waals surface area contributed by atoms with Gasteiger partial charge in [0.05, 0.1) is 36.0 Å². The van der Waals surface area contributed by atoms with Crippen molar-refractivity contribution in [3.8, 4) is 5.69 Å². The number of methoxy groups -OCH3 is 1. The lowest BCUT2D eigenvalue weighted by atomic mass is 10.2. The molecule has 0 radical (unpaired) electrons. The Hall–Kier alpha value is -2.34. The SMILES string of the molecule is COC(=O)C[C@@H](C)NC(=O)c1cnn(-c2ccccc2Cl)c1. The molecule has 0 saturated carbocycles. The van der Waals surface area contributed by atoms with Crippen LogP contribution in [0, 0.1) is 0 Å². The molecule has 2 rings (SSSR count). The molecule has 22 heavy (non-hydrogen) atoms. The van der Waals surface area contributed by atoms with Crippen molar-refractivity contribution in [2.24, 2.45) is 0 Å². The van der Waals surface area contributed by atoms with E-state index in [1.165, 1.54) is 18.0 Å². The molecule has 1 aromatic heterocycles. The van der Waals surface area contributed by atoms with Crippen molar-refractivity contribution < 1.29 is 14.3 Å². The molecule has 7 heteroatoms. The predicted octanol–water partition coefficient (Wildman–Crippen LogP) is 2.21. The second-order valence-electron chi connectivity index (χ2n) is 4.78. The van der Waals surface area contributed by atoms with Crippen LogP contribution in [-0.2, 0) is 9.53 Å². The molecular weight excluding hydrogens is 306 g/mol. The summed E-state index contributed by atoms with van der Waals surface area (Å²) in [6.07, 6.45) is 3.14. The maximum Gasteiger partial charge on any atom is 0.307 e. The maximum atomic E-state index is 12.1. The molecule has 1 amide bonds. The topological polar surface area (TPSA) is 73.2 Å². The van der Waals surface area contributed by atoms with E-state index in [9.17, 15) is 9.59 Å². The molecule has 116 valence electrons. The number of hydrogen-bond donors (Lipinski definition) is 1. The summed E-state index contributed by atoms with van der Waals surface area (Å²) in [6, 6.07) is 6.87. The Morgan fingerprint density at radius 1 is 1.41 bits per heavy atom. The Morgan fingerprint density at radius 3 is 2.82 bits per heavy atom. The highest BCUT2D eigenvalue weighted by atomic mass is 35.5. The fraction of sp³-hybridized carbons (Fsp3) is 0.267. The fourth-order valence-corrected chi connectivity index (χ4v) is 2.12. The number of carbonyl (C=O) groups is 2. The lowest BCUT2D eigenvalue weighted by molar-refractivity contribution is -0.141. The Morgan fingerprint density at radius 2 is 2.14 bits per heavy atom. The first-order valence-corrected chi connectivity index (χ1v) is 7.06. The van der Waals surface area contributed by atoms with Gasteiger partial charge in [-0.05, 0) is 19.1 Å². The molecule has 1 atom stereocenters. The third-order valence-corrected chi connectivity index (χ3v) is 3.34. The van der Waals surface area contributed by atoms with Gasteiger partial charge in [-0.15, -0.1) is 0 Å². The van der Waals surface area contributed by atoms with Gasteiger partial charge in [0.1, 0.15) is 0 Å². The third-order valence-electron chi connectivity index (χ3n) is 3.02. The Kier molecular flexibility index (Phi) is 5.16. The average molecular weight is 322 g/mol. The van der Waals surface area contributed by atoms with Crippen molar-refractivity contribution in [2.45, 2.75) is 19.4 Å². The van der Waals surface area contributed by atoms with Crippen LogP contribution in [0.4, 0.5) is 0 Å². The summed E-state index contributed by atoms with van der Waals surface area (Å²) in [6.45, 7) is 1.73. The number of benzene rings is 1. The molecule has 6 nitrogen and oxygen atoms in total. The van der Waals surface area contributed by atoms with Gasteiger partial charge < -0.3 is 10.1 Å². The largest absolute Gasteiger partial charge is 0.469 e. The van der Waals surface area contributed by atoms with E-state index >= 15 is 0 Å². The van der Waals surface area contributed by atoms with Crippen LogP contribution in [0.2, 0.25) is 5.02 Å². The minimum atomic E-state index is -0.375. The lowest BCUT2D eigenvalue weighted by Crippen LogP contribution is -2.34. The van der Waals surface area contributed by atoms with Gasteiger partial charge in [-0.3, -0.25) is 9.59 Å². The summed E-state index contributed by atoms with van der Waals surface area (Å²) in [7, 11) is 1.31. The summed E-state index contributed by atoms with van der Waals surface area (Å²) in [4.78, 5) is 23.3. The second kappa shape index (κ2) is 7.09. The van der Waals surface area contributed by atoms with Crippen LogP contribution in [0.1, 0.15) is 23.7 Å². The molecule has 0 spiro atoms. The van der Waals surface area contributed by atoms with E-state index in [4.69, 9.17) is 11.6 Å². The van der Waals surface area contributed by atoms with Crippen LogP contribution in [0.15, 0.2) is 36.7 Å². The zero-order chi connectivity index (χ0) is 16.1. The molecule has 0 bridgehead atoms. The first-order valence-electron chi connectivity index (χ1n) is 6.68. The Bertz CT molecular complexity index is 684. The highest BCUT2D eigenvalue weighted by Gasteiger charge is 2.15. The quantitative estimate of drug-likeness (QED) is 0.857. The van der Waals surface area contributed by atoms with Crippen LogP contribution >= 0.6 is 11.6 Å². The van der Waals surface area contributed by atoms with Crippen molar-refractivity contribution in [3.63, 3.8) is 0 Å². The second-order valence-corrected chi connectivity index (χ2v) is 5.19. The molecule has 0 saturated heterocycles. The van der Waals surface area contributed by atoms with Crippen LogP contribution in [0.5, 0.6) is 0 Å². The van der Waals surface area contributed by atoms with Crippen molar-refractivity contribution in [3.05, 3.63) is 47.2 Å². The number of esters is 1. The van der Waals surface area contributed by atoms with Crippen molar-refractivity contribution in [1.82, 2.24) is 15.1 Å². The number of nitrogens with one attached hydrogen (secondary N) is 1. The highest BCUT2D eigenvalue weighted by Crippen LogP contribution is 2.19. The maximum absolute atomic E-state index is 12.1. The average Bonchev–Trinajstić information content (AvgIpc) is 2.97. The van der Waals surface area contributed by atoms with Gasteiger partial charge in [-0.2, -0.15) is 5.10 Å². The van der Waals surface area contributed by atoms with Gasteiger partial charge >= 0.3 is 5.97 Å². The van der Waals surface area contributed by atoms with Crippen LogP contribution in [0.3, 0.4) is 0 Å². The number of aromatic nitrogens is 2. The van der Waals surface area contributed by atoms with Gasteiger partial charge in [0.2, 0.25) is 0 Å². The van der Waals surface area contributed by atoms with E-state index in [0.717, 1.165) is 0 Å². The smallest absolute Gasteiger partial charge is 0.307 e. The number of halogens is 1. The van der Waals surface area contributed by atoms with Crippen molar-refractivity contribution >= 4 is 23.5 Å². The normalized spacial score (nSPS) is 11.8. The molecule has 0 aliphatic carbocycles. The summed E-state index contributed by atoms with van der Waals surface area (Å²) in [5.41, 5.74) is 1.07. The number of hydrogen-bond acceptors (Lipinski definition) is 4. The van der Waals surface area contributed by atoms with Gasteiger partial charge in [0, 0.05) is 12.2 Å².